The van der Waals surface area contributed by atoms with Crippen molar-refractivity contribution in [1.82, 2.24) is 0 Å². The van der Waals surface area contributed by atoms with Crippen molar-refractivity contribution >= 4 is 17.7 Å². The van der Waals surface area contributed by atoms with Gasteiger partial charge in [-0.3, -0.25) is 0 Å². The van der Waals surface area contributed by atoms with Crippen LogP contribution in [0.1, 0.15) is 21.5 Å². The number of thioether (sulfide) groups is 1. The van der Waals surface area contributed by atoms with Crippen molar-refractivity contribution in [3.63, 3.8) is 0 Å². The summed E-state index contributed by atoms with van der Waals surface area (Å²) in [6, 6.07) is 13.3. The Labute approximate surface area is 115 Å². The first-order chi connectivity index (χ1) is 9.16. The Bertz CT molecular complexity index is 567. The topological polar surface area (TPSA) is 37.3 Å². The largest absolute Gasteiger partial charge is 0.478 e. The molecule has 4 heteroatoms. The van der Waals surface area contributed by atoms with Gasteiger partial charge in [-0.1, -0.05) is 30.3 Å². The van der Waals surface area contributed by atoms with Gasteiger partial charge in [0.25, 0.3) is 0 Å². The summed E-state index contributed by atoms with van der Waals surface area (Å²) in [5, 5.41) is 9.06. The normalized spacial score (nSPS) is 10.4. The SMILES string of the molecule is O=C(O)c1ccccc1CSCc1ccc(F)cc1. The van der Waals surface area contributed by atoms with Crippen molar-refractivity contribution in [2.75, 3.05) is 0 Å². The number of halogens is 1. The van der Waals surface area contributed by atoms with E-state index in [1.54, 1.807) is 36.0 Å². The number of carbonyl (C=O) groups is 1. The van der Waals surface area contributed by atoms with Crippen LogP contribution in [0.2, 0.25) is 0 Å². The molecule has 0 unspecified atom stereocenters. The molecule has 0 bridgehead atoms. The standard InChI is InChI=1S/C15H13FO2S/c16-13-7-5-11(6-8-13)9-19-10-12-3-1-2-4-14(12)15(17)18/h1-8H,9-10H2,(H,17,18). The van der Waals surface area contributed by atoms with E-state index in [0.29, 0.717) is 11.3 Å². The predicted octanol–water partition coefficient (Wildman–Crippen LogP) is 3.96. The molecule has 2 aromatic carbocycles. The Morgan fingerprint density at radius 2 is 1.74 bits per heavy atom. The lowest BCUT2D eigenvalue weighted by molar-refractivity contribution is 0.0696. The molecule has 0 aliphatic heterocycles. The predicted molar refractivity (Wildman–Crippen MR) is 74.8 cm³/mol. The summed E-state index contributed by atoms with van der Waals surface area (Å²) in [6.07, 6.45) is 0. The maximum atomic E-state index is 12.7. The molecule has 0 radical (unpaired) electrons. The van der Waals surface area contributed by atoms with Gasteiger partial charge in [-0.05, 0) is 29.3 Å². The van der Waals surface area contributed by atoms with Gasteiger partial charge in [-0.15, -0.1) is 0 Å². The van der Waals surface area contributed by atoms with Crippen LogP contribution in [0.15, 0.2) is 48.5 Å². The molecular formula is C15H13FO2S. The molecule has 2 aromatic rings. The van der Waals surface area contributed by atoms with Crippen LogP contribution >= 0.6 is 11.8 Å². The summed E-state index contributed by atoms with van der Waals surface area (Å²) in [5.74, 6) is 0.205. The molecule has 0 atom stereocenters. The highest BCUT2D eigenvalue weighted by molar-refractivity contribution is 7.97. The zero-order valence-corrected chi connectivity index (χ0v) is 11.0. The van der Waals surface area contributed by atoms with E-state index in [2.05, 4.69) is 0 Å². The molecule has 0 fully saturated rings. The summed E-state index contributed by atoms with van der Waals surface area (Å²) in [4.78, 5) is 11.0. The third kappa shape index (κ3) is 3.83. The zero-order chi connectivity index (χ0) is 13.7. The minimum Gasteiger partial charge on any atom is -0.478 e. The average molecular weight is 276 g/mol. The highest BCUT2D eigenvalue weighted by atomic mass is 32.2. The summed E-state index contributed by atoms with van der Waals surface area (Å²) >= 11 is 1.61. The lowest BCUT2D eigenvalue weighted by atomic mass is 10.1. The zero-order valence-electron chi connectivity index (χ0n) is 10.2. The molecule has 0 aromatic heterocycles. The summed E-state index contributed by atoms with van der Waals surface area (Å²) in [6.45, 7) is 0. The first-order valence-electron chi connectivity index (χ1n) is 5.80. The Balaban J connectivity index is 1.96. The van der Waals surface area contributed by atoms with Crippen molar-refractivity contribution in [3.05, 3.63) is 71.0 Å². The first-order valence-corrected chi connectivity index (χ1v) is 6.95. The maximum Gasteiger partial charge on any atom is 0.335 e. The smallest absolute Gasteiger partial charge is 0.335 e. The van der Waals surface area contributed by atoms with Gasteiger partial charge in [0.05, 0.1) is 5.56 Å². The van der Waals surface area contributed by atoms with Gasteiger partial charge in [0.2, 0.25) is 0 Å². The van der Waals surface area contributed by atoms with Gasteiger partial charge in [0, 0.05) is 11.5 Å². The van der Waals surface area contributed by atoms with Crippen LogP contribution in [0.25, 0.3) is 0 Å². The lowest BCUT2D eigenvalue weighted by Crippen LogP contribution is -2.01. The van der Waals surface area contributed by atoms with E-state index in [1.807, 2.05) is 12.1 Å². The molecule has 19 heavy (non-hydrogen) atoms. The third-order valence-corrected chi connectivity index (χ3v) is 3.74. The molecule has 0 saturated heterocycles. The fourth-order valence-electron chi connectivity index (χ4n) is 1.71. The van der Waals surface area contributed by atoms with Crippen LogP contribution in [0.4, 0.5) is 4.39 Å². The second-order valence-corrected chi connectivity index (χ2v) is 5.07. The van der Waals surface area contributed by atoms with Crippen LogP contribution in [0.5, 0.6) is 0 Å². The van der Waals surface area contributed by atoms with Crippen LogP contribution in [-0.4, -0.2) is 11.1 Å². The van der Waals surface area contributed by atoms with E-state index in [1.165, 1.54) is 12.1 Å². The lowest BCUT2D eigenvalue weighted by Gasteiger charge is -2.06. The monoisotopic (exact) mass is 276 g/mol. The Morgan fingerprint density at radius 1 is 1.05 bits per heavy atom. The summed E-state index contributed by atoms with van der Waals surface area (Å²) in [7, 11) is 0. The maximum absolute atomic E-state index is 12.7. The van der Waals surface area contributed by atoms with Gasteiger partial charge >= 0.3 is 5.97 Å². The van der Waals surface area contributed by atoms with Gasteiger partial charge in [0.15, 0.2) is 0 Å². The molecule has 1 N–H and O–H groups in total. The highest BCUT2D eigenvalue weighted by Crippen LogP contribution is 2.20. The van der Waals surface area contributed by atoms with E-state index < -0.39 is 5.97 Å². The van der Waals surface area contributed by atoms with Gasteiger partial charge in [-0.25, -0.2) is 9.18 Å². The second-order valence-electron chi connectivity index (χ2n) is 4.08. The molecule has 0 spiro atoms. The fourth-order valence-corrected chi connectivity index (χ4v) is 2.72. The van der Waals surface area contributed by atoms with Crippen molar-refractivity contribution in [1.29, 1.82) is 0 Å². The molecular weight excluding hydrogens is 263 g/mol. The minimum atomic E-state index is -0.905. The Kier molecular flexibility index (Phi) is 4.58. The van der Waals surface area contributed by atoms with E-state index in [9.17, 15) is 9.18 Å². The van der Waals surface area contributed by atoms with Crippen molar-refractivity contribution in [2.45, 2.75) is 11.5 Å². The van der Waals surface area contributed by atoms with Crippen molar-refractivity contribution < 1.29 is 14.3 Å². The number of benzene rings is 2. The van der Waals surface area contributed by atoms with Crippen LogP contribution < -0.4 is 0 Å². The van der Waals surface area contributed by atoms with E-state index in [4.69, 9.17) is 5.11 Å². The van der Waals surface area contributed by atoms with E-state index in [-0.39, 0.29) is 5.82 Å². The molecule has 0 heterocycles. The molecule has 0 aliphatic rings. The van der Waals surface area contributed by atoms with Crippen molar-refractivity contribution in [2.24, 2.45) is 0 Å². The molecule has 2 rings (SSSR count). The number of hydrogen-bond donors (Lipinski definition) is 1. The van der Waals surface area contributed by atoms with Gasteiger partial charge < -0.3 is 5.11 Å². The van der Waals surface area contributed by atoms with Crippen molar-refractivity contribution in [3.8, 4) is 0 Å². The molecule has 0 aliphatic carbocycles. The first kappa shape index (κ1) is 13.6. The molecule has 0 saturated carbocycles. The number of aromatic carboxylic acids is 1. The van der Waals surface area contributed by atoms with Crippen LogP contribution in [0.3, 0.4) is 0 Å². The molecule has 98 valence electrons. The van der Waals surface area contributed by atoms with Gasteiger partial charge in [-0.2, -0.15) is 11.8 Å². The van der Waals surface area contributed by atoms with Gasteiger partial charge in [0.1, 0.15) is 5.82 Å². The van der Waals surface area contributed by atoms with Crippen LogP contribution in [-0.2, 0) is 11.5 Å². The van der Waals surface area contributed by atoms with E-state index in [0.717, 1.165) is 16.9 Å². The summed E-state index contributed by atoms with van der Waals surface area (Å²) in [5.41, 5.74) is 2.18. The number of carboxylic acid groups (broad SMARTS) is 1. The fraction of sp³-hybridized carbons (Fsp3) is 0.133. The molecule has 2 nitrogen and oxygen atoms in total. The van der Waals surface area contributed by atoms with Crippen LogP contribution in [0, 0.1) is 5.82 Å². The number of carboxylic acids is 1. The number of hydrogen-bond acceptors (Lipinski definition) is 2. The molecule has 0 amide bonds. The average Bonchev–Trinajstić information content (AvgIpc) is 2.41. The summed E-state index contributed by atoms with van der Waals surface area (Å²) < 4.78 is 12.7. The van der Waals surface area contributed by atoms with E-state index >= 15 is 0 Å². The Hall–Kier alpha value is -1.81. The Morgan fingerprint density at radius 3 is 2.42 bits per heavy atom. The minimum absolute atomic E-state index is 0.245. The number of rotatable bonds is 5. The highest BCUT2D eigenvalue weighted by Gasteiger charge is 2.08. The second kappa shape index (κ2) is 6.38. The quantitative estimate of drug-likeness (QED) is 0.898. The third-order valence-electron chi connectivity index (χ3n) is 2.69.